The van der Waals surface area contributed by atoms with Crippen molar-refractivity contribution in [1.29, 1.82) is 0 Å². The molecule has 0 spiro atoms. The van der Waals surface area contributed by atoms with Crippen LogP contribution in [-0.4, -0.2) is 192 Å². The van der Waals surface area contributed by atoms with Gasteiger partial charge >= 0.3 is 5.97 Å². The fourth-order valence-electron chi connectivity index (χ4n) is 15.2. The first-order chi connectivity index (χ1) is 33.2. The highest BCUT2D eigenvalue weighted by molar-refractivity contribution is 5.81. The average molecular weight is 1020 g/mol. The monoisotopic (exact) mass is 1010 g/mol. The zero-order chi connectivity index (χ0) is 52.3. The van der Waals surface area contributed by atoms with Gasteiger partial charge in [-0.1, -0.05) is 52.3 Å². The molecule has 0 bridgehead atoms. The topological polar surface area (TPSA) is 304 Å². The molecular formula is C52H86O19. The number of rotatable bonds is 15. The van der Waals surface area contributed by atoms with Crippen LogP contribution >= 0.6 is 0 Å². The highest BCUT2D eigenvalue weighted by Gasteiger charge is 2.72. The maximum Gasteiger partial charge on any atom is 0.330 e. The molecule has 19 heteroatoms. The lowest BCUT2D eigenvalue weighted by Crippen LogP contribution is -2.68. The Bertz CT molecular complexity index is 1880. The molecule has 4 aliphatic carbocycles. The van der Waals surface area contributed by atoms with Crippen LogP contribution in [0.25, 0.3) is 0 Å². The van der Waals surface area contributed by atoms with Crippen LogP contribution in [0.3, 0.4) is 0 Å². The molecular weight excluding hydrogens is 929 g/mol. The Hall–Kier alpha value is -1.73. The minimum atomic E-state index is -1.84. The molecule has 3 saturated heterocycles. The smallest absolute Gasteiger partial charge is 0.330 e. The number of carbonyl (C=O) groups excluding carboxylic acids is 1. The number of aliphatic hydroxyl groups excluding tert-OH is 11. The van der Waals surface area contributed by atoms with Gasteiger partial charge in [0.25, 0.3) is 0 Å². The van der Waals surface area contributed by atoms with Gasteiger partial charge in [0.15, 0.2) is 18.9 Å². The second-order valence-electron chi connectivity index (χ2n) is 23.8. The van der Waals surface area contributed by atoms with E-state index in [1.54, 1.807) is 6.92 Å². The molecule has 0 amide bonds. The first-order valence-electron chi connectivity index (χ1n) is 26.0. The lowest BCUT2D eigenvalue weighted by atomic mass is 9.35. The zero-order valence-corrected chi connectivity index (χ0v) is 43.0. The van der Waals surface area contributed by atoms with E-state index in [9.17, 15) is 61.0 Å². The van der Waals surface area contributed by atoms with Crippen LogP contribution in [0, 0.1) is 45.3 Å². The average Bonchev–Trinajstić information content (AvgIpc) is 3.70. The van der Waals surface area contributed by atoms with E-state index in [2.05, 4.69) is 40.7 Å². The van der Waals surface area contributed by atoms with Crippen molar-refractivity contribution in [2.45, 2.75) is 230 Å². The Morgan fingerprint density at radius 2 is 1.25 bits per heavy atom. The molecule has 0 aromatic rings. The number of hydrogen-bond donors (Lipinski definition) is 11. The van der Waals surface area contributed by atoms with Gasteiger partial charge in [-0.15, -0.1) is 0 Å². The summed E-state index contributed by atoms with van der Waals surface area (Å²) >= 11 is 0. The summed E-state index contributed by atoms with van der Waals surface area (Å²) in [7, 11) is 0. The third kappa shape index (κ3) is 10.2. The molecule has 0 radical (unpaired) electrons. The molecule has 25 atom stereocenters. The third-order valence-electron chi connectivity index (χ3n) is 19.3. The first-order valence-corrected chi connectivity index (χ1v) is 26.0. The van der Waals surface area contributed by atoms with Crippen molar-refractivity contribution in [1.82, 2.24) is 0 Å². The first kappa shape index (κ1) is 57.0. The van der Waals surface area contributed by atoms with E-state index in [4.69, 9.17) is 33.2 Å². The molecule has 408 valence electrons. The van der Waals surface area contributed by atoms with Crippen LogP contribution in [0.2, 0.25) is 0 Å². The minimum Gasteiger partial charge on any atom is -0.460 e. The SMILES string of the molecule is C/C=C/C(=O)OC[C@H]1O[C@@H](O[C@H]2[C@H](O[C@H]3CC[C@]4(C)[C@H]5C[C@@H](O)[C@@H]6[C@@H]([C@](C)(CCC=C(C)C)O[C@@H]7O[C@H](CO)[C@@H](O)[C@H](O)[C@H]7O)CC[C@@]6(C)[C@]5(C)CC[C@H]4C3(C)C)O[C@H](CO)[C@@H](O)[C@@H]2O)[C@H](O)[C@@H](O)[C@@H]1O. The number of carbonyl (C=O) groups is 1. The summed E-state index contributed by atoms with van der Waals surface area (Å²) < 4.78 is 42.8. The maximum atomic E-state index is 12.7. The van der Waals surface area contributed by atoms with Crippen LogP contribution in [0.15, 0.2) is 23.8 Å². The van der Waals surface area contributed by atoms with E-state index in [0.29, 0.717) is 32.1 Å². The molecule has 0 aromatic carbocycles. The largest absolute Gasteiger partial charge is 0.460 e. The van der Waals surface area contributed by atoms with Gasteiger partial charge in [0, 0.05) is 6.08 Å². The van der Waals surface area contributed by atoms with Gasteiger partial charge in [0.05, 0.1) is 31.0 Å². The molecule has 4 saturated carbocycles. The Kier molecular flexibility index (Phi) is 17.4. The van der Waals surface area contributed by atoms with Gasteiger partial charge in [-0.2, -0.15) is 0 Å². The van der Waals surface area contributed by atoms with E-state index in [1.165, 1.54) is 6.08 Å². The predicted molar refractivity (Wildman–Crippen MR) is 252 cm³/mol. The lowest BCUT2D eigenvalue weighted by Gasteiger charge is -2.71. The third-order valence-corrected chi connectivity index (χ3v) is 19.3. The van der Waals surface area contributed by atoms with Crippen molar-refractivity contribution >= 4 is 5.97 Å². The summed E-state index contributed by atoms with van der Waals surface area (Å²) in [6.45, 7) is 17.3. The molecule has 71 heavy (non-hydrogen) atoms. The highest BCUT2D eigenvalue weighted by Crippen LogP contribution is 2.76. The van der Waals surface area contributed by atoms with Crippen molar-refractivity contribution in [3.05, 3.63) is 23.8 Å². The van der Waals surface area contributed by atoms with Crippen LogP contribution < -0.4 is 0 Å². The second-order valence-corrected chi connectivity index (χ2v) is 23.8. The lowest BCUT2D eigenvalue weighted by molar-refractivity contribution is -0.378. The van der Waals surface area contributed by atoms with Gasteiger partial charge in [0.2, 0.25) is 0 Å². The molecule has 7 rings (SSSR count). The number of esters is 1. The molecule has 0 aromatic heterocycles. The van der Waals surface area contributed by atoms with Crippen LogP contribution in [0.4, 0.5) is 0 Å². The molecule has 11 N–H and O–H groups in total. The van der Waals surface area contributed by atoms with Crippen LogP contribution in [0.1, 0.15) is 120 Å². The highest BCUT2D eigenvalue weighted by atomic mass is 16.8. The summed E-state index contributed by atoms with van der Waals surface area (Å²) in [4.78, 5) is 12.1. The maximum absolute atomic E-state index is 12.7. The minimum absolute atomic E-state index is 0.0681. The summed E-state index contributed by atoms with van der Waals surface area (Å²) in [6, 6.07) is 0. The van der Waals surface area contributed by atoms with Crippen LogP contribution in [-0.2, 0) is 38.0 Å². The van der Waals surface area contributed by atoms with Crippen molar-refractivity contribution < 1.29 is 94.1 Å². The van der Waals surface area contributed by atoms with Gasteiger partial charge in [-0.05, 0) is 131 Å². The van der Waals surface area contributed by atoms with Crippen molar-refractivity contribution in [3.8, 4) is 0 Å². The standard InChI is InChI=1S/C52H86O19/c1-10-12-34(56)65-24-30-38(59)40(61)42(63)45(68-30)70-44-41(62)37(58)29(23-54)67-47(44)69-33-16-18-49(6)31(48(33,4)5)15-20-50(7)32(49)21-27(55)35-26(14-19-51(35,50)8)52(9,17-11-13-25(2)3)71-46-43(64)39(60)36(57)28(22-53)66-46/h10,12-13,26-33,35-47,53-55,57-64H,11,14-24H2,1-9H3/b12-10+/t26-,27+,28+,29+,30+,31-,32+,33-,35-,36+,37+,38+,39-,40-,41-,42+,43+,44+,45-,46-,47-,49-,50+,51+,52-/m0/s1. The molecule has 19 nitrogen and oxygen atoms in total. The number of hydrogen-bond acceptors (Lipinski definition) is 19. The number of allylic oxidation sites excluding steroid dienone is 3. The quantitative estimate of drug-likeness (QED) is 0.0474. The Morgan fingerprint density at radius 1 is 0.676 bits per heavy atom. The summed E-state index contributed by atoms with van der Waals surface area (Å²) in [5, 5.41) is 121. The predicted octanol–water partition coefficient (Wildman–Crippen LogP) is 1.10. The molecule has 3 heterocycles. The van der Waals surface area contributed by atoms with E-state index >= 15 is 0 Å². The number of fused-ring (bicyclic) bond motifs is 5. The van der Waals surface area contributed by atoms with Gasteiger partial charge in [-0.3, -0.25) is 0 Å². The Morgan fingerprint density at radius 3 is 1.87 bits per heavy atom. The molecule has 7 aliphatic rings. The Labute approximate surface area is 418 Å². The normalized spacial score (nSPS) is 49.5. The van der Waals surface area contributed by atoms with E-state index in [-0.39, 0.29) is 39.9 Å². The van der Waals surface area contributed by atoms with Crippen molar-refractivity contribution in [2.24, 2.45) is 45.3 Å². The number of ether oxygens (including phenoxy) is 7. The molecule has 0 unspecified atom stereocenters. The van der Waals surface area contributed by atoms with Gasteiger partial charge < -0.3 is 89.3 Å². The fourth-order valence-corrected chi connectivity index (χ4v) is 15.2. The van der Waals surface area contributed by atoms with Gasteiger partial charge in [-0.25, -0.2) is 4.79 Å². The summed E-state index contributed by atoms with van der Waals surface area (Å²) in [6.07, 6.45) is -13.4. The van der Waals surface area contributed by atoms with E-state index in [0.717, 1.165) is 37.3 Å². The van der Waals surface area contributed by atoms with Crippen molar-refractivity contribution in [2.75, 3.05) is 19.8 Å². The zero-order valence-electron chi connectivity index (χ0n) is 43.0. The van der Waals surface area contributed by atoms with Crippen LogP contribution in [0.5, 0.6) is 0 Å². The van der Waals surface area contributed by atoms with E-state index < -0.39 is 141 Å². The van der Waals surface area contributed by atoms with Crippen molar-refractivity contribution in [3.63, 3.8) is 0 Å². The number of aliphatic hydroxyl groups is 11. The molecule has 3 aliphatic heterocycles. The van der Waals surface area contributed by atoms with E-state index in [1.807, 2.05) is 20.8 Å². The summed E-state index contributed by atoms with van der Waals surface area (Å²) in [5.41, 5.74) is -1.22. The Balaban J connectivity index is 1.11. The van der Waals surface area contributed by atoms with Gasteiger partial charge in [0.1, 0.15) is 79.9 Å². The molecule has 7 fully saturated rings. The summed E-state index contributed by atoms with van der Waals surface area (Å²) in [5.74, 6) is -0.943. The fraction of sp³-hybridized carbons (Fsp3) is 0.904. The second kappa shape index (κ2) is 21.7.